The van der Waals surface area contributed by atoms with Gasteiger partial charge in [-0.1, -0.05) is 34.6 Å². The fourth-order valence-corrected chi connectivity index (χ4v) is 3.68. The second-order valence-electron chi connectivity index (χ2n) is 7.21. The Morgan fingerprint density at radius 1 is 1.00 bits per heavy atom. The van der Waals surface area contributed by atoms with Crippen molar-refractivity contribution in [2.24, 2.45) is 23.7 Å². The van der Waals surface area contributed by atoms with E-state index in [1.165, 1.54) is 45.1 Å². The summed E-state index contributed by atoms with van der Waals surface area (Å²) in [6.07, 6.45) is 8.35. The summed E-state index contributed by atoms with van der Waals surface area (Å²) >= 11 is 0. The lowest BCUT2D eigenvalue weighted by Crippen LogP contribution is -2.40. The van der Waals surface area contributed by atoms with Crippen molar-refractivity contribution in [1.29, 1.82) is 0 Å². The van der Waals surface area contributed by atoms with Crippen LogP contribution in [0.2, 0.25) is 0 Å². The van der Waals surface area contributed by atoms with Crippen LogP contribution in [-0.2, 0) is 0 Å². The van der Waals surface area contributed by atoms with Gasteiger partial charge in [-0.15, -0.1) is 0 Å². The molecule has 1 rings (SSSR count). The molecule has 1 aliphatic rings. The lowest BCUT2D eigenvalue weighted by atomic mass is 9.72. The van der Waals surface area contributed by atoms with Gasteiger partial charge in [0, 0.05) is 6.04 Å². The molecule has 1 fully saturated rings. The Labute approximate surface area is 115 Å². The maximum absolute atomic E-state index is 3.84. The van der Waals surface area contributed by atoms with E-state index in [2.05, 4.69) is 39.9 Å². The van der Waals surface area contributed by atoms with Crippen LogP contribution in [0.15, 0.2) is 0 Å². The topological polar surface area (TPSA) is 12.0 Å². The molecule has 0 amide bonds. The summed E-state index contributed by atoms with van der Waals surface area (Å²) in [5, 5.41) is 3.84. The molecular weight excluding hydrogens is 218 g/mol. The van der Waals surface area contributed by atoms with Crippen molar-refractivity contribution < 1.29 is 0 Å². The van der Waals surface area contributed by atoms with Gasteiger partial charge in [0.1, 0.15) is 0 Å². The van der Waals surface area contributed by atoms with Crippen LogP contribution >= 0.6 is 0 Å². The van der Waals surface area contributed by atoms with Crippen molar-refractivity contribution >= 4 is 0 Å². The van der Waals surface area contributed by atoms with Crippen molar-refractivity contribution in [3.8, 4) is 0 Å². The van der Waals surface area contributed by atoms with E-state index < -0.39 is 0 Å². The minimum absolute atomic E-state index is 0.776. The molecule has 18 heavy (non-hydrogen) atoms. The van der Waals surface area contributed by atoms with Crippen LogP contribution in [0.4, 0.5) is 0 Å². The Hall–Kier alpha value is -0.0400. The van der Waals surface area contributed by atoms with Gasteiger partial charge in [-0.2, -0.15) is 0 Å². The molecule has 1 saturated carbocycles. The second-order valence-corrected chi connectivity index (χ2v) is 7.21. The SMILES string of the molecule is CCCNC(CCC(C)C)C1CC(C)CC(C)C1. The minimum Gasteiger partial charge on any atom is -0.314 e. The van der Waals surface area contributed by atoms with Crippen molar-refractivity contribution in [3.05, 3.63) is 0 Å². The zero-order valence-electron chi connectivity index (χ0n) is 13.3. The molecule has 1 nitrogen and oxygen atoms in total. The summed E-state index contributed by atoms with van der Waals surface area (Å²) in [5.41, 5.74) is 0. The van der Waals surface area contributed by atoms with E-state index in [9.17, 15) is 0 Å². The first-order chi connectivity index (χ1) is 8.52. The summed E-state index contributed by atoms with van der Waals surface area (Å²) in [4.78, 5) is 0. The highest BCUT2D eigenvalue weighted by atomic mass is 14.9. The Morgan fingerprint density at radius 2 is 1.61 bits per heavy atom. The average molecular weight is 253 g/mol. The van der Waals surface area contributed by atoms with E-state index in [-0.39, 0.29) is 0 Å². The third-order valence-electron chi connectivity index (χ3n) is 4.50. The van der Waals surface area contributed by atoms with Gasteiger partial charge in [0.25, 0.3) is 0 Å². The van der Waals surface area contributed by atoms with Crippen LogP contribution < -0.4 is 5.32 Å². The molecule has 0 aliphatic heterocycles. The first-order valence-corrected chi connectivity index (χ1v) is 8.26. The maximum atomic E-state index is 3.84. The van der Waals surface area contributed by atoms with E-state index in [1.54, 1.807) is 0 Å². The van der Waals surface area contributed by atoms with E-state index in [4.69, 9.17) is 0 Å². The van der Waals surface area contributed by atoms with Gasteiger partial charge in [0.2, 0.25) is 0 Å². The summed E-state index contributed by atoms with van der Waals surface area (Å²) in [7, 11) is 0. The van der Waals surface area contributed by atoms with Crippen molar-refractivity contribution in [2.45, 2.75) is 79.2 Å². The highest BCUT2D eigenvalue weighted by Gasteiger charge is 2.29. The molecule has 0 bridgehead atoms. The minimum atomic E-state index is 0.776. The molecule has 3 atom stereocenters. The van der Waals surface area contributed by atoms with Gasteiger partial charge < -0.3 is 5.32 Å². The van der Waals surface area contributed by atoms with Crippen molar-refractivity contribution in [1.82, 2.24) is 5.32 Å². The molecule has 0 aromatic rings. The van der Waals surface area contributed by atoms with E-state index in [0.29, 0.717) is 0 Å². The van der Waals surface area contributed by atoms with Crippen LogP contribution in [0.3, 0.4) is 0 Å². The fraction of sp³-hybridized carbons (Fsp3) is 1.00. The lowest BCUT2D eigenvalue weighted by Gasteiger charge is -2.37. The molecule has 0 aromatic carbocycles. The maximum Gasteiger partial charge on any atom is 0.00956 e. The first-order valence-electron chi connectivity index (χ1n) is 8.26. The van der Waals surface area contributed by atoms with Gasteiger partial charge in [0.15, 0.2) is 0 Å². The zero-order valence-corrected chi connectivity index (χ0v) is 13.3. The van der Waals surface area contributed by atoms with Gasteiger partial charge >= 0.3 is 0 Å². The number of hydrogen-bond donors (Lipinski definition) is 1. The number of nitrogens with one attached hydrogen (secondary N) is 1. The second kappa shape index (κ2) is 8.19. The quantitative estimate of drug-likeness (QED) is 0.683. The summed E-state index contributed by atoms with van der Waals surface area (Å²) in [6.45, 7) is 13.1. The highest BCUT2D eigenvalue weighted by Crippen LogP contribution is 2.36. The van der Waals surface area contributed by atoms with Gasteiger partial charge in [-0.25, -0.2) is 0 Å². The van der Waals surface area contributed by atoms with Crippen molar-refractivity contribution in [2.75, 3.05) is 6.54 Å². The molecule has 0 aromatic heterocycles. The van der Waals surface area contributed by atoms with Crippen LogP contribution in [0.5, 0.6) is 0 Å². The zero-order chi connectivity index (χ0) is 13.5. The third kappa shape index (κ3) is 5.73. The molecule has 0 spiro atoms. The van der Waals surface area contributed by atoms with Crippen LogP contribution in [0, 0.1) is 23.7 Å². The number of hydrogen-bond acceptors (Lipinski definition) is 1. The molecule has 108 valence electrons. The van der Waals surface area contributed by atoms with Crippen LogP contribution in [0.25, 0.3) is 0 Å². The Morgan fingerprint density at radius 3 is 2.11 bits per heavy atom. The van der Waals surface area contributed by atoms with Gasteiger partial charge in [0.05, 0.1) is 0 Å². The van der Waals surface area contributed by atoms with Gasteiger partial charge in [-0.05, 0) is 68.7 Å². The summed E-state index contributed by atoms with van der Waals surface area (Å²) in [5.74, 6) is 3.64. The smallest absolute Gasteiger partial charge is 0.00956 e. The standard InChI is InChI=1S/C17H35N/c1-6-9-18-17(8-7-13(2)3)16-11-14(4)10-15(5)12-16/h13-18H,6-12H2,1-5H3. The third-order valence-corrected chi connectivity index (χ3v) is 4.50. The normalized spacial score (nSPS) is 30.7. The van der Waals surface area contributed by atoms with Crippen LogP contribution in [0.1, 0.15) is 73.1 Å². The molecule has 1 aliphatic carbocycles. The Balaban J connectivity index is 2.50. The Bertz CT molecular complexity index is 202. The fourth-order valence-electron chi connectivity index (χ4n) is 3.68. The summed E-state index contributed by atoms with van der Waals surface area (Å²) < 4.78 is 0. The van der Waals surface area contributed by atoms with Crippen molar-refractivity contribution in [3.63, 3.8) is 0 Å². The Kier molecular flexibility index (Phi) is 7.29. The van der Waals surface area contributed by atoms with Crippen LogP contribution in [-0.4, -0.2) is 12.6 Å². The van der Waals surface area contributed by atoms with E-state index in [0.717, 1.165) is 29.7 Å². The predicted molar refractivity (Wildman–Crippen MR) is 81.8 cm³/mol. The molecule has 1 N–H and O–H groups in total. The molecule has 0 radical (unpaired) electrons. The predicted octanol–water partition coefficient (Wildman–Crippen LogP) is 4.86. The molecule has 1 heteroatoms. The van der Waals surface area contributed by atoms with E-state index in [1.807, 2.05) is 0 Å². The highest BCUT2D eigenvalue weighted by molar-refractivity contribution is 4.84. The molecular formula is C17H35N. The average Bonchev–Trinajstić information content (AvgIpc) is 2.27. The molecule has 0 heterocycles. The molecule has 0 saturated heterocycles. The van der Waals surface area contributed by atoms with Gasteiger partial charge in [-0.3, -0.25) is 0 Å². The first kappa shape index (κ1) is 16.0. The summed E-state index contributed by atoms with van der Waals surface area (Å²) in [6, 6.07) is 0.776. The van der Waals surface area contributed by atoms with E-state index >= 15 is 0 Å². The molecule has 3 unspecified atom stereocenters. The largest absolute Gasteiger partial charge is 0.314 e. The number of rotatable bonds is 7. The monoisotopic (exact) mass is 253 g/mol. The lowest BCUT2D eigenvalue weighted by molar-refractivity contribution is 0.167.